The van der Waals surface area contributed by atoms with E-state index in [-0.39, 0.29) is 11.8 Å². The van der Waals surface area contributed by atoms with E-state index >= 15 is 0 Å². The van der Waals surface area contributed by atoms with E-state index in [1.807, 2.05) is 37.3 Å². The molecule has 138 valence electrons. The molecule has 0 aliphatic rings. The van der Waals surface area contributed by atoms with Crippen molar-refractivity contribution in [3.8, 4) is 0 Å². The van der Waals surface area contributed by atoms with Crippen molar-refractivity contribution in [3.63, 3.8) is 0 Å². The molecule has 2 amide bonds. The number of hydrogen-bond acceptors (Lipinski definition) is 5. The number of hydrazine groups is 1. The van der Waals surface area contributed by atoms with Crippen LogP contribution in [0.3, 0.4) is 0 Å². The van der Waals surface area contributed by atoms with Gasteiger partial charge in [-0.2, -0.15) is 0 Å². The van der Waals surface area contributed by atoms with Crippen LogP contribution in [0, 0.1) is 0 Å². The van der Waals surface area contributed by atoms with Crippen LogP contribution in [0.1, 0.15) is 38.7 Å². The highest BCUT2D eigenvalue weighted by atomic mass is 16.5. The summed E-state index contributed by atoms with van der Waals surface area (Å²) in [6, 6.07) is 8.03. The molecule has 0 radical (unpaired) electrons. The zero-order valence-electron chi connectivity index (χ0n) is 15.0. The quantitative estimate of drug-likeness (QED) is 0.434. The van der Waals surface area contributed by atoms with E-state index in [1.54, 1.807) is 6.92 Å². The van der Waals surface area contributed by atoms with E-state index in [9.17, 15) is 14.4 Å². The average molecular weight is 349 g/mol. The molecule has 0 aliphatic carbocycles. The second kappa shape index (κ2) is 11.2. The van der Waals surface area contributed by atoms with E-state index in [4.69, 9.17) is 4.74 Å². The highest BCUT2D eigenvalue weighted by molar-refractivity contribution is 5.88. The summed E-state index contributed by atoms with van der Waals surface area (Å²) < 4.78 is 4.74. The first-order valence-corrected chi connectivity index (χ1v) is 8.48. The van der Waals surface area contributed by atoms with Gasteiger partial charge in [0.05, 0.1) is 7.11 Å². The molecule has 3 N–H and O–H groups in total. The molecule has 0 aromatic heterocycles. The molecule has 7 heteroatoms. The Bertz CT molecular complexity index is 563. The maximum absolute atomic E-state index is 12.6. The van der Waals surface area contributed by atoms with Crippen molar-refractivity contribution < 1.29 is 19.1 Å². The molecule has 0 saturated heterocycles. The lowest BCUT2D eigenvalue weighted by Crippen LogP contribution is -2.55. The Morgan fingerprint density at radius 1 is 1.08 bits per heavy atom. The van der Waals surface area contributed by atoms with Crippen LogP contribution >= 0.6 is 0 Å². The number of esters is 1. The molecular formula is C18H27N3O4. The number of carbonyl (C=O) groups is 3. The van der Waals surface area contributed by atoms with Crippen LogP contribution in [0.5, 0.6) is 0 Å². The van der Waals surface area contributed by atoms with Crippen molar-refractivity contribution in [1.29, 1.82) is 0 Å². The lowest BCUT2D eigenvalue weighted by atomic mass is 10.0. The lowest BCUT2D eigenvalue weighted by molar-refractivity contribution is -0.145. The van der Waals surface area contributed by atoms with Gasteiger partial charge in [0, 0.05) is 6.42 Å². The molecule has 2 atom stereocenters. The van der Waals surface area contributed by atoms with Crippen molar-refractivity contribution >= 4 is 17.8 Å². The normalized spacial score (nSPS) is 12.8. The molecule has 7 nitrogen and oxygen atoms in total. The second-order valence-electron chi connectivity index (χ2n) is 5.66. The van der Waals surface area contributed by atoms with Crippen LogP contribution in [-0.4, -0.2) is 37.0 Å². The number of rotatable bonds is 10. The molecule has 0 fully saturated rings. The van der Waals surface area contributed by atoms with Crippen LogP contribution in [0.25, 0.3) is 0 Å². The van der Waals surface area contributed by atoms with Gasteiger partial charge < -0.3 is 10.1 Å². The molecule has 0 saturated carbocycles. The van der Waals surface area contributed by atoms with Crippen molar-refractivity contribution in [2.75, 3.05) is 7.11 Å². The van der Waals surface area contributed by atoms with Crippen LogP contribution in [-0.2, 0) is 25.5 Å². The number of nitrogens with one attached hydrogen (secondary N) is 3. The van der Waals surface area contributed by atoms with Gasteiger partial charge in [-0.15, -0.1) is 0 Å². The van der Waals surface area contributed by atoms with Crippen molar-refractivity contribution in [1.82, 2.24) is 16.2 Å². The van der Waals surface area contributed by atoms with Gasteiger partial charge in [0.2, 0.25) is 11.8 Å². The molecule has 0 spiro atoms. The molecule has 0 unspecified atom stereocenters. The topological polar surface area (TPSA) is 96.5 Å². The van der Waals surface area contributed by atoms with E-state index in [2.05, 4.69) is 16.2 Å². The van der Waals surface area contributed by atoms with Gasteiger partial charge in [-0.25, -0.2) is 10.2 Å². The minimum Gasteiger partial charge on any atom is -0.467 e. The van der Waals surface area contributed by atoms with Gasteiger partial charge in [0.15, 0.2) is 0 Å². The van der Waals surface area contributed by atoms with Gasteiger partial charge in [-0.1, -0.05) is 50.6 Å². The second-order valence-corrected chi connectivity index (χ2v) is 5.66. The third-order valence-electron chi connectivity index (χ3n) is 3.69. The first kappa shape index (κ1) is 20.6. The van der Waals surface area contributed by atoms with Crippen LogP contribution < -0.4 is 16.2 Å². The van der Waals surface area contributed by atoms with Gasteiger partial charge in [0.1, 0.15) is 12.1 Å². The number of hydrogen-bond donors (Lipinski definition) is 3. The summed E-state index contributed by atoms with van der Waals surface area (Å²) in [5.74, 6) is -1.07. The van der Waals surface area contributed by atoms with E-state index in [0.29, 0.717) is 19.3 Å². The molecule has 1 rings (SSSR count). The molecule has 25 heavy (non-hydrogen) atoms. The third-order valence-corrected chi connectivity index (χ3v) is 3.69. The number of ether oxygens (including phenoxy) is 1. The predicted molar refractivity (Wildman–Crippen MR) is 94.4 cm³/mol. The first-order valence-electron chi connectivity index (χ1n) is 8.48. The van der Waals surface area contributed by atoms with Crippen molar-refractivity contribution in [2.45, 2.75) is 51.6 Å². The number of carbonyl (C=O) groups excluding carboxylic acids is 3. The van der Waals surface area contributed by atoms with Crippen LogP contribution in [0.15, 0.2) is 30.3 Å². The molecule has 1 aromatic carbocycles. The van der Waals surface area contributed by atoms with E-state index in [0.717, 1.165) is 12.0 Å². The van der Waals surface area contributed by atoms with Crippen LogP contribution in [0.2, 0.25) is 0 Å². The lowest BCUT2D eigenvalue weighted by Gasteiger charge is -2.22. The summed E-state index contributed by atoms with van der Waals surface area (Å²) in [7, 11) is 1.29. The molecule has 0 bridgehead atoms. The third kappa shape index (κ3) is 7.34. The Morgan fingerprint density at radius 3 is 2.32 bits per heavy atom. The summed E-state index contributed by atoms with van der Waals surface area (Å²) in [4.78, 5) is 35.9. The minimum absolute atomic E-state index is 0.219. The van der Waals surface area contributed by atoms with Gasteiger partial charge in [-0.3, -0.25) is 15.0 Å². The molecule has 0 aliphatic heterocycles. The number of benzene rings is 1. The fourth-order valence-corrected chi connectivity index (χ4v) is 2.27. The van der Waals surface area contributed by atoms with Gasteiger partial charge in [-0.05, 0) is 18.4 Å². The van der Waals surface area contributed by atoms with Gasteiger partial charge >= 0.3 is 5.97 Å². The predicted octanol–water partition coefficient (Wildman–Crippen LogP) is 1.09. The maximum Gasteiger partial charge on any atom is 0.328 e. The Morgan fingerprint density at radius 2 is 1.76 bits per heavy atom. The summed E-state index contributed by atoms with van der Waals surface area (Å²) in [6.45, 7) is 3.64. The number of methoxy groups -OCH3 is 1. The average Bonchev–Trinajstić information content (AvgIpc) is 2.64. The Hall–Kier alpha value is -2.41. The smallest absolute Gasteiger partial charge is 0.328 e. The first-order chi connectivity index (χ1) is 12.0. The Balaban J connectivity index is 2.82. The van der Waals surface area contributed by atoms with Gasteiger partial charge in [0.25, 0.3) is 0 Å². The zero-order chi connectivity index (χ0) is 18.7. The SMILES string of the molecule is CCC[C@H](NC(=O)[C@H](Cc1ccccc1)NNC(=O)CC)C(=O)OC. The fraction of sp³-hybridized carbons (Fsp3) is 0.500. The fourth-order valence-electron chi connectivity index (χ4n) is 2.27. The van der Waals surface area contributed by atoms with Crippen LogP contribution in [0.4, 0.5) is 0 Å². The Labute approximate surface area is 148 Å². The summed E-state index contributed by atoms with van der Waals surface area (Å²) in [6.07, 6.45) is 1.88. The highest BCUT2D eigenvalue weighted by Crippen LogP contribution is 2.05. The Kier molecular flexibility index (Phi) is 9.24. The standard InChI is InChI=1S/C18H27N3O4/c1-4-9-14(18(24)25-3)19-17(23)15(20-21-16(22)5-2)12-13-10-7-6-8-11-13/h6-8,10-11,14-15,20H,4-5,9,12H2,1-3H3,(H,19,23)(H,21,22)/t14-,15-/m0/s1. The van der Waals surface area contributed by atoms with Crippen molar-refractivity contribution in [3.05, 3.63) is 35.9 Å². The zero-order valence-corrected chi connectivity index (χ0v) is 15.0. The monoisotopic (exact) mass is 349 g/mol. The highest BCUT2D eigenvalue weighted by Gasteiger charge is 2.26. The van der Waals surface area contributed by atoms with E-state index < -0.39 is 18.1 Å². The maximum atomic E-state index is 12.6. The summed E-state index contributed by atoms with van der Waals surface area (Å²) >= 11 is 0. The molecular weight excluding hydrogens is 322 g/mol. The van der Waals surface area contributed by atoms with E-state index in [1.165, 1.54) is 7.11 Å². The largest absolute Gasteiger partial charge is 0.467 e. The molecule has 0 heterocycles. The van der Waals surface area contributed by atoms with Crippen molar-refractivity contribution in [2.24, 2.45) is 0 Å². The summed E-state index contributed by atoms with van der Waals surface area (Å²) in [5.41, 5.74) is 6.21. The molecule has 1 aromatic rings. The minimum atomic E-state index is -0.707. The summed E-state index contributed by atoms with van der Waals surface area (Å²) in [5, 5.41) is 2.70. The number of amides is 2.